The number of rotatable bonds is 2. The maximum absolute atomic E-state index is 12.5. The number of benzene rings is 1. The van der Waals surface area contributed by atoms with Crippen molar-refractivity contribution < 1.29 is 0 Å². The van der Waals surface area contributed by atoms with Gasteiger partial charge in [-0.05, 0) is 30.0 Å². The highest BCUT2D eigenvalue weighted by atomic mass is 32.2. The summed E-state index contributed by atoms with van der Waals surface area (Å²) in [5, 5.41) is 0. The number of thiazole rings is 1. The fourth-order valence-corrected chi connectivity index (χ4v) is 3.76. The minimum absolute atomic E-state index is 0.0647. The summed E-state index contributed by atoms with van der Waals surface area (Å²) in [6, 6.07) is 8.26. The zero-order chi connectivity index (χ0) is 15.0. The Bertz CT molecular complexity index is 829. The van der Waals surface area contributed by atoms with Gasteiger partial charge < -0.3 is 0 Å². The molecule has 110 valence electrons. The maximum Gasteiger partial charge on any atom is 0.270 e. The van der Waals surface area contributed by atoms with Gasteiger partial charge in [-0.2, -0.15) is 0 Å². The topological polar surface area (TPSA) is 34.4 Å². The Hall–Kier alpha value is -1.33. The summed E-state index contributed by atoms with van der Waals surface area (Å²) in [6.45, 7) is 5.83. The molecule has 2 aromatic rings. The Morgan fingerprint density at radius 3 is 2.71 bits per heavy atom. The molecule has 0 spiro atoms. The van der Waals surface area contributed by atoms with Gasteiger partial charge in [-0.3, -0.25) is 14.4 Å². The lowest BCUT2D eigenvalue weighted by Gasteiger charge is -2.25. The summed E-state index contributed by atoms with van der Waals surface area (Å²) in [4.78, 5) is 19.1. The lowest BCUT2D eigenvalue weighted by Crippen LogP contribution is -2.41. The molecule has 1 aromatic heterocycles. The van der Waals surface area contributed by atoms with Gasteiger partial charge in [-0.15, -0.1) is 11.8 Å². The SMILES string of the molecule is CSc1ccc(/C=c2\sc3n(c2=O)CC(C)(C)CN=3)cc1. The predicted molar refractivity (Wildman–Crippen MR) is 89.8 cm³/mol. The molecule has 0 aliphatic carbocycles. The van der Waals surface area contributed by atoms with Crippen molar-refractivity contribution in [2.24, 2.45) is 10.4 Å². The van der Waals surface area contributed by atoms with E-state index < -0.39 is 0 Å². The standard InChI is InChI=1S/C16H18N2OS2/c1-16(2)9-17-15-18(10-16)14(19)13(21-15)8-11-4-6-12(20-3)7-5-11/h4-8H,9-10H2,1-3H3/b13-8-. The molecule has 3 nitrogen and oxygen atoms in total. The fraction of sp³-hybridized carbons (Fsp3) is 0.375. The van der Waals surface area contributed by atoms with Crippen LogP contribution in [0.2, 0.25) is 0 Å². The number of fused-ring (bicyclic) bond motifs is 1. The molecular weight excluding hydrogens is 300 g/mol. The average molecular weight is 318 g/mol. The van der Waals surface area contributed by atoms with Crippen molar-refractivity contribution in [3.8, 4) is 0 Å². The zero-order valence-electron chi connectivity index (χ0n) is 12.4. The van der Waals surface area contributed by atoms with E-state index in [-0.39, 0.29) is 11.0 Å². The summed E-state index contributed by atoms with van der Waals surface area (Å²) in [7, 11) is 0. The molecule has 1 aromatic carbocycles. The van der Waals surface area contributed by atoms with Crippen molar-refractivity contribution in [1.29, 1.82) is 0 Å². The highest BCUT2D eigenvalue weighted by Crippen LogP contribution is 2.19. The van der Waals surface area contributed by atoms with Crippen LogP contribution in [0.3, 0.4) is 0 Å². The molecule has 5 heteroatoms. The van der Waals surface area contributed by atoms with E-state index in [0.29, 0.717) is 0 Å². The van der Waals surface area contributed by atoms with Crippen LogP contribution < -0.4 is 14.9 Å². The smallest absolute Gasteiger partial charge is 0.270 e. The highest BCUT2D eigenvalue weighted by molar-refractivity contribution is 7.98. The van der Waals surface area contributed by atoms with Crippen LogP contribution in [0.1, 0.15) is 19.4 Å². The first-order chi connectivity index (χ1) is 9.98. The van der Waals surface area contributed by atoms with Crippen LogP contribution in [0.25, 0.3) is 6.08 Å². The van der Waals surface area contributed by atoms with Gasteiger partial charge >= 0.3 is 0 Å². The van der Waals surface area contributed by atoms with E-state index in [4.69, 9.17) is 0 Å². The Morgan fingerprint density at radius 2 is 2.05 bits per heavy atom. The van der Waals surface area contributed by atoms with Crippen LogP contribution in [0.4, 0.5) is 0 Å². The molecule has 0 N–H and O–H groups in total. The molecule has 0 saturated heterocycles. The van der Waals surface area contributed by atoms with E-state index >= 15 is 0 Å². The van der Waals surface area contributed by atoms with Crippen LogP contribution in [-0.4, -0.2) is 17.4 Å². The van der Waals surface area contributed by atoms with Gasteiger partial charge in [0.15, 0.2) is 4.80 Å². The van der Waals surface area contributed by atoms with Crippen molar-refractivity contribution >= 4 is 29.2 Å². The number of hydrogen-bond acceptors (Lipinski definition) is 4. The van der Waals surface area contributed by atoms with Gasteiger partial charge in [0.25, 0.3) is 5.56 Å². The van der Waals surface area contributed by atoms with Gasteiger partial charge in [0, 0.05) is 23.4 Å². The van der Waals surface area contributed by atoms with Crippen molar-refractivity contribution in [3.63, 3.8) is 0 Å². The van der Waals surface area contributed by atoms with Crippen LogP contribution in [0, 0.1) is 5.41 Å². The Morgan fingerprint density at radius 1 is 1.33 bits per heavy atom. The minimum Gasteiger partial charge on any atom is -0.283 e. The molecule has 0 amide bonds. The predicted octanol–water partition coefficient (Wildman–Crippen LogP) is 2.12. The molecule has 0 saturated carbocycles. The normalized spacial score (nSPS) is 17.4. The minimum atomic E-state index is 0.0647. The molecule has 0 radical (unpaired) electrons. The largest absolute Gasteiger partial charge is 0.283 e. The third-order valence-electron chi connectivity index (χ3n) is 3.53. The molecule has 3 rings (SSSR count). The summed E-state index contributed by atoms with van der Waals surface area (Å²) in [5.74, 6) is 0. The molecule has 0 atom stereocenters. The van der Waals surface area contributed by atoms with Crippen LogP contribution in [0.15, 0.2) is 38.9 Å². The summed E-state index contributed by atoms with van der Waals surface area (Å²) >= 11 is 3.21. The lowest BCUT2D eigenvalue weighted by atomic mass is 9.93. The molecule has 0 bridgehead atoms. The van der Waals surface area contributed by atoms with Crippen LogP contribution >= 0.6 is 23.1 Å². The Balaban J connectivity index is 2.06. The lowest BCUT2D eigenvalue weighted by molar-refractivity contribution is 0.287. The summed E-state index contributed by atoms with van der Waals surface area (Å²) < 4.78 is 2.58. The second-order valence-electron chi connectivity index (χ2n) is 6.04. The van der Waals surface area contributed by atoms with Crippen molar-refractivity contribution in [2.75, 3.05) is 12.8 Å². The van der Waals surface area contributed by atoms with E-state index in [1.807, 2.05) is 10.6 Å². The summed E-state index contributed by atoms with van der Waals surface area (Å²) in [6.07, 6.45) is 4.02. The molecule has 0 unspecified atom stereocenters. The first-order valence-electron chi connectivity index (χ1n) is 6.88. The second-order valence-corrected chi connectivity index (χ2v) is 7.93. The van der Waals surface area contributed by atoms with E-state index in [1.54, 1.807) is 11.8 Å². The number of nitrogens with zero attached hydrogens (tertiary/aromatic N) is 2. The Kier molecular flexibility index (Phi) is 3.80. The fourth-order valence-electron chi connectivity index (χ4n) is 2.38. The van der Waals surface area contributed by atoms with Gasteiger partial charge in [-0.25, -0.2) is 0 Å². The van der Waals surface area contributed by atoms with E-state index in [9.17, 15) is 4.79 Å². The molecule has 1 aliphatic heterocycles. The van der Waals surface area contributed by atoms with E-state index in [2.05, 4.69) is 49.4 Å². The number of thioether (sulfide) groups is 1. The second kappa shape index (κ2) is 5.46. The first kappa shape index (κ1) is 14.6. The first-order valence-corrected chi connectivity index (χ1v) is 8.93. The molecular formula is C16H18N2OS2. The van der Waals surface area contributed by atoms with Crippen molar-refractivity contribution in [1.82, 2.24) is 4.57 Å². The highest BCUT2D eigenvalue weighted by Gasteiger charge is 2.24. The third kappa shape index (κ3) is 2.99. The van der Waals surface area contributed by atoms with Gasteiger partial charge in [0.2, 0.25) is 0 Å². The molecule has 0 fully saturated rings. The van der Waals surface area contributed by atoms with Gasteiger partial charge in [0.1, 0.15) is 0 Å². The van der Waals surface area contributed by atoms with E-state index in [1.165, 1.54) is 16.2 Å². The van der Waals surface area contributed by atoms with Crippen molar-refractivity contribution in [3.05, 3.63) is 49.5 Å². The van der Waals surface area contributed by atoms with Crippen LogP contribution in [-0.2, 0) is 6.54 Å². The van der Waals surface area contributed by atoms with E-state index in [0.717, 1.165) is 28.0 Å². The van der Waals surface area contributed by atoms with Crippen molar-refractivity contribution in [2.45, 2.75) is 25.3 Å². The van der Waals surface area contributed by atoms with Gasteiger partial charge in [-0.1, -0.05) is 37.3 Å². The number of hydrogen-bond donors (Lipinski definition) is 0. The maximum atomic E-state index is 12.5. The summed E-state index contributed by atoms with van der Waals surface area (Å²) in [5.41, 5.74) is 1.21. The number of aromatic nitrogens is 1. The molecule has 1 aliphatic rings. The quantitative estimate of drug-likeness (QED) is 0.795. The average Bonchev–Trinajstić information content (AvgIpc) is 2.75. The Labute approximate surface area is 132 Å². The van der Waals surface area contributed by atoms with Gasteiger partial charge in [0.05, 0.1) is 4.53 Å². The van der Waals surface area contributed by atoms with Crippen LogP contribution in [0.5, 0.6) is 0 Å². The molecule has 2 heterocycles. The zero-order valence-corrected chi connectivity index (χ0v) is 14.1. The molecule has 21 heavy (non-hydrogen) atoms. The monoisotopic (exact) mass is 318 g/mol. The third-order valence-corrected chi connectivity index (χ3v) is 5.32.